The van der Waals surface area contributed by atoms with Crippen LogP contribution in [0.25, 0.3) is 0 Å². The quantitative estimate of drug-likeness (QED) is 0.858. The highest BCUT2D eigenvalue weighted by Crippen LogP contribution is 2.23. The Kier molecular flexibility index (Phi) is 3.88. The second kappa shape index (κ2) is 5.45. The fourth-order valence-corrected chi connectivity index (χ4v) is 1.97. The van der Waals surface area contributed by atoms with Crippen LogP contribution in [0.4, 0.5) is 8.78 Å². The lowest BCUT2D eigenvalue weighted by Crippen LogP contribution is -2.29. The monoisotopic (exact) mass is 279 g/mol. The molecule has 106 valence electrons. The van der Waals surface area contributed by atoms with Crippen LogP contribution < -0.4 is 0 Å². The normalized spacial score (nSPS) is 12.2. The van der Waals surface area contributed by atoms with E-state index in [9.17, 15) is 13.6 Å². The summed E-state index contributed by atoms with van der Waals surface area (Å²) in [5, 5.41) is 0. The molecule has 0 bridgehead atoms. The van der Waals surface area contributed by atoms with Gasteiger partial charge in [-0.25, -0.2) is 8.78 Å². The first-order valence-corrected chi connectivity index (χ1v) is 6.18. The molecule has 0 saturated carbocycles. The van der Waals surface area contributed by atoms with Crippen LogP contribution in [-0.4, -0.2) is 17.9 Å². The maximum Gasteiger partial charge on any atom is 0.257 e. The first-order valence-electron chi connectivity index (χ1n) is 6.18. The van der Waals surface area contributed by atoms with Crippen molar-refractivity contribution >= 4 is 5.91 Å². The molecule has 1 heterocycles. The van der Waals surface area contributed by atoms with Crippen LogP contribution in [-0.2, 0) is 0 Å². The van der Waals surface area contributed by atoms with Crippen LogP contribution in [0.15, 0.2) is 34.9 Å². The van der Waals surface area contributed by atoms with Crippen molar-refractivity contribution in [2.45, 2.75) is 19.9 Å². The number of amides is 1. The van der Waals surface area contributed by atoms with Gasteiger partial charge in [-0.1, -0.05) is 6.07 Å². The molecule has 0 N–H and O–H groups in total. The highest BCUT2D eigenvalue weighted by atomic mass is 19.2. The van der Waals surface area contributed by atoms with Gasteiger partial charge in [0.15, 0.2) is 11.6 Å². The zero-order valence-electron chi connectivity index (χ0n) is 11.5. The predicted molar refractivity (Wildman–Crippen MR) is 70.3 cm³/mol. The number of halogens is 2. The second-order valence-electron chi connectivity index (χ2n) is 4.66. The lowest BCUT2D eigenvalue weighted by molar-refractivity contribution is 0.0740. The van der Waals surface area contributed by atoms with Crippen LogP contribution in [0.2, 0.25) is 0 Å². The Hall–Kier alpha value is -2.17. The average molecular weight is 279 g/mol. The minimum absolute atomic E-state index is 0.228. The standard InChI is InChI=1S/C15H15F2NO2/c1-9(11-4-5-13(16)14(17)8-11)18(3)15(19)12-6-7-20-10(12)2/h4-9H,1-3H3. The van der Waals surface area contributed by atoms with E-state index in [0.717, 1.165) is 12.1 Å². The molecule has 0 saturated heterocycles. The molecular weight excluding hydrogens is 264 g/mol. The number of aryl methyl sites for hydroxylation is 1. The Morgan fingerprint density at radius 3 is 2.50 bits per heavy atom. The Morgan fingerprint density at radius 2 is 1.95 bits per heavy atom. The summed E-state index contributed by atoms with van der Waals surface area (Å²) in [4.78, 5) is 13.8. The second-order valence-corrected chi connectivity index (χ2v) is 4.66. The molecule has 1 atom stereocenters. The fraction of sp³-hybridized carbons (Fsp3) is 0.267. The van der Waals surface area contributed by atoms with Gasteiger partial charge in [-0.05, 0) is 37.6 Å². The molecule has 0 spiro atoms. The maximum absolute atomic E-state index is 13.2. The van der Waals surface area contributed by atoms with E-state index in [0.29, 0.717) is 16.9 Å². The van der Waals surface area contributed by atoms with Gasteiger partial charge in [0.25, 0.3) is 5.91 Å². The predicted octanol–water partition coefficient (Wildman–Crippen LogP) is 3.70. The summed E-state index contributed by atoms with van der Waals surface area (Å²) in [6, 6.07) is 4.84. The third-order valence-electron chi connectivity index (χ3n) is 3.42. The van der Waals surface area contributed by atoms with E-state index in [4.69, 9.17) is 4.42 Å². The molecule has 1 amide bonds. The van der Waals surface area contributed by atoms with Crippen molar-refractivity contribution in [1.82, 2.24) is 4.90 Å². The third-order valence-corrected chi connectivity index (χ3v) is 3.42. The molecule has 0 aliphatic rings. The van der Waals surface area contributed by atoms with Gasteiger partial charge in [0.05, 0.1) is 17.9 Å². The first-order chi connectivity index (χ1) is 9.41. The van der Waals surface area contributed by atoms with E-state index in [1.807, 2.05) is 0 Å². The molecular formula is C15H15F2NO2. The summed E-state index contributed by atoms with van der Waals surface area (Å²) < 4.78 is 31.3. The third kappa shape index (κ3) is 2.57. The van der Waals surface area contributed by atoms with Gasteiger partial charge in [0.2, 0.25) is 0 Å². The van der Waals surface area contributed by atoms with E-state index < -0.39 is 11.6 Å². The van der Waals surface area contributed by atoms with Crippen LogP contribution in [0.1, 0.15) is 34.6 Å². The van der Waals surface area contributed by atoms with Crippen LogP contribution in [0.3, 0.4) is 0 Å². The van der Waals surface area contributed by atoms with Crippen molar-refractivity contribution in [3.05, 3.63) is 59.1 Å². The van der Waals surface area contributed by atoms with Gasteiger partial charge in [0, 0.05) is 7.05 Å². The summed E-state index contributed by atoms with van der Waals surface area (Å²) in [6.07, 6.45) is 1.44. The molecule has 2 rings (SSSR count). The summed E-state index contributed by atoms with van der Waals surface area (Å²) in [5.74, 6) is -1.52. The van der Waals surface area contributed by atoms with Gasteiger partial charge in [-0.2, -0.15) is 0 Å². The summed E-state index contributed by atoms with van der Waals surface area (Å²) >= 11 is 0. The van der Waals surface area contributed by atoms with Gasteiger partial charge in [-0.3, -0.25) is 4.79 Å². The van der Waals surface area contributed by atoms with Crippen molar-refractivity contribution in [3.63, 3.8) is 0 Å². The number of carbonyl (C=O) groups is 1. The van der Waals surface area contributed by atoms with E-state index >= 15 is 0 Å². The Bertz CT molecular complexity index is 637. The number of furan rings is 1. The van der Waals surface area contributed by atoms with Crippen LogP contribution in [0, 0.1) is 18.6 Å². The highest BCUT2D eigenvalue weighted by molar-refractivity contribution is 5.95. The van der Waals surface area contributed by atoms with Crippen LogP contribution >= 0.6 is 0 Å². The molecule has 3 nitrogen and oxygen atoms in total. The average Bonchev–Trinajstić information content (AvgIpc) is 2.85. The minimum Gasteiger partial charge on any atom is -0.469 e. The fourth-order valence-electron chi connectivity index (χ4n) is 1.97. The molecule has 2 aromatic rings. The smallest absolute Gasteiger partial charge is 0.257 e. The molecule has 0 aliphatic heterocycles. The highest BCUT2D eigenvalue weighted by Gasteiger charge is 2.22. The van der Waals surface area contributed by atoms with E-state index in [2.05, 4.69) is 0 Å². The Morgan fingerprint density at radius 1 is 1.25 bits per heavy atom. The van der Waals surface area contributed by atoms with Crippen molar-refractivity contribution in [2.75, 3.05) is 7.05 Å². The molecule has 5 heteroatoms. The summed E-state index contributed by atoms with van der Waals surface area (Å²) in [7, 11) is 1.61. The number of nitrogens with zero attached hydrogens (tertiary/aromatic N) is 1. The molecule has 1 aromatic carbocycles. The van der Waals surface area contributed by atoms with E-state index in [-0.39, 0.29) is 11.9 Å². The number of hydrogen-bond donors (Lipinski definition) is 0. The number of rotatable bonds is 3. The topological polar surface area (TPSA) is 33.5 Å². The van der Waals surface area contributed by atoms with E-state index in [1.165, 1.54) is 17.2 Å². The molecule has 1 aromatic heterocycles. The van der Waals surface area contributed by atoms with Crippen molar-refractivity contribution in [1.29, 1.82) is 0 Å². The number of benzene rings is 1. The Labute approximate surface area is 115 Å². The van der Waals surface area contributed by atoms with Gasteiger partial charge < -0.3 is 9.32 Å². The zero-order valence-corrected chi connectivity index (χ0v) is 11.5. The lowest BCUT2D eigenvalue weighted by Gasteiger charge is -2.25. The molecule has 1 unspecified atom stereocenters. The number of carbonyl (C=O) groups excluding carboxylic acids is 1. The van der Waals surface area contributed by atoms with Crippen LogP contribution in [0.5, 0.6) is 0 Å². The summed E-state index contributed by atoms with van der Waals surface area (Å²) in [6.45, 7) is 3.45. The summed E-state index contributed by atoms with van der Waals surface area (Å²) in [5.41, 5.74) is 0.989. The SMILES string of the molecule is Cc1occc1C(=O)N(C)C(C)c1ccc(F)c(F)c1. The van der Waals surface area contributed by atoms with Gasteiger partial charge >= 0.3 is 0 Å². The lowest BCUT2D eigenvalue weighted by atomic mass is 10.1. The zero-order chi connectivity index (χ0) is 14.9. The maximum atomic E-state index is 13.2. The van der Waals surface area contributed by atoms with Crippen molar-refractivity contribution < 1.29 is 18.0 Å². The van der Waals surface area contributed by atoms with Gasteiger partial charge in [-0.15, -0.1) is 0 Å². The molecule has 0 radical (unpaired) electrons. The Balaban J connectivity index is 2.24. The largest absolute Gasteiger partial charge is 0.469 e. The molecule has 0 fully saturated rings. The van der Waals surface area contributed by atoms with Gasteiger partial charge in [0.1, 0.15) is 5.76 Å². The number of hydrogen-bond acceptors (Lipinski definition) is 2. The van der Waals surface area contributed by atoms with Crippen molar-refractivity contribution in [2.24, 2.45) is 0 Å². The molecule has 20 heavy (non-hydrogen) atoms. The van der Waals surface area contributed by atoms with Crippen molar-refractivity contribution in [3.8, 4) is 0 Å². The first kappa shape index (κ1) is 14.2. The molecule has 0 aliphatic carbocycles. The minimum atomic E-state index is -0.922. The van der Waals surface area contributed by atoms with E-state index in [1.54, 1.807) is 27.0 Å².